The van der Waals surface area contributed by atoms with Gasteiger partial charge < -0.3 is 0 Å². The second kappa shape index (κ2) is 5.44. The number of nitrogens with zero attached hydrogens (tertiary/aromatic N) is 2. The van der Waals surface area contributed by atoms with Crippen LogP contribution in [0.25, 0.3) is 0 Å². The van der Waals surface area contributed by atoms with Crippen molar-refractivity contribution in [2.75, 3.05) is 0 Å². The lowest BCUT2D eigenvalue weighted by molar-refractivity contribution is 0.961. The molecule has 0 unspecified atom stereocenters. The number of hydrogen-bond acceptors (Lipinski definition) is 2. The molecule has 3 aromatic rings. The Kier molecular flexibility index (Phi) is 3.32. The van der Waals surface area contributed by atoms with E-state index in [0.29, 0.717) is 0 Å². The van der Waals surface area contributed by atoms with Crippen LogP contribution in [0.1, 0.15) is 16.8 Å². The molecule has 0 spiro atoms. The summed E-state index contributed by atoms with van der Waals surface area (Å²) in [6.45, 7) is 0. The van der Waals surface area contributed by atoms with Crippen LogP contribution in [0.4, 0.5) is 0 Å². The van der Waals surface area contributed by atoms with Crippen LogP contribution in [0, 0.1) is 5.92 Å². The third-order valence-corrected chi connectivity index (χ3v) is 2.95. The van der Waals surface area contributed by atoms with E-state index in [4.69, 9.17) is 0 Å². The van der Waals surface area contributed by atoms with Gasteiger partial charge in [0.25, 0.3) is 0 Å². The van der Waals surface area contributed by atoms with Gasteiger partial charge in [-0.25, -0.2) is 0 Å². The average molecular weight is 245 g/mol. The number of hydrogen-bond donors (Lipinski definition) is 0. The lowest BCUT2D eigenvalue weighted by Gasteiger charge is -2.15. The molecule has 0 saturated carbocycles. The Balaban J connectivity index is 2.12. The molecule has 2 aromatic carbocycles. The van der Waals surface area contributed by atoms with Crippen LogP contribution in [0.3, 0.4) is 0 Å². The third-order valence-electron chi connectivity index (χ3n) is 2.95. The molecule has 0 aliphatic carbocycles. The summed E-state index contributed by atoms with van der Waals surface area (Å²) in [5.74, 6) is 1.11. The molecule has 0 N–H and O–H groups in total. The monoisotopic (exact) mass is 245 g/mol. The molecule has 2 nitrogen and oxygen atoms in total. The van der Waals surface area contributed by atoms with Crippen LogP contribution in [0.5, 0.6) is 0 Å². The van der Waals surface area contributed by atoms with E-state index >= 15 is 0 Å². The Morgan fingerprint density at radius 2 is 1.21 bits per heavy atom. The maximum atomic E-state index is 4.24. The van der Waals surface area contributed by atoms with Crippen LogP contribution in [0.15, 0.2) is 79.0 Å². The van der Waals surface area contributed by atoms with Crippen LogP contribution < -0.4 is 0 Å². The number of aromatic nitrogens is 2. The first-order valence-corrected chi connectivity index (χ1v) is 6.21. The van der Waals surface area contributed by atoms with Crippen LogP contribution >= 0.6 is 0 Å². The molecule has 1 heterocycles. The van der Waals surface area contributed by atoms with Crippen molar-refractivity contribution in [3.63, 3.8) is 0 Å². The molecule has 19 heavy (non-hydrogen) atoms. The second-order valence-corrected chi connectivity index (χ2v) is 4.22. The fourth-order valence-corrected chi connectivity index (χ4v) is 2.11. The first-order chi connectivity index (χ1) is 9.45. The van der Waals surface area contributed by atoms with E-state index in [1.54, 1.807) is 6.20 Å². The summed E-state index contributed by atoms with van der Waals surface area (Å²) in [5, 5.41) is 8.23. The molecule has 0 amide bonds. The molecule has 91 valence electrons. The van der Waals surface area contributed by atoms with E-state index in [-0.39, 0.29) is 0 Å². The van der Waals surface area contributed by atoms with Crippen molar-refractivity contribution in [2.45, 2.75) is 0 Å². The van der Waals surface area contributed by atoms with E-state index in [1.807, 2.05) is 48.5 Å². The first kappa shape index (κ1) is 11.6. The summed E-state index contributed by atoms with van der Waals surface area (Å²) >= 11 is 0. The fourth-order valence-electron chi connectivity index (χ4n) is 2.11. The predicted molar refractivity (Wildman–Crippen MR) is 75.5 cm³/mol. The fraction of sp³-hybridized carbons (Fsp3) is 0. The Morgan fingerprint density at radius 3 is 1.68 bits per heavy atom. The maximum Gasteiger partial charge on any atom is 0.0836 e. The molecule has 3 rings (SSSR count). The summed E-state index contributed by atoms with van der Waals surface area (Å²) in [6.07, 6.45) is 1.69. The van der Waals surface area contributed by atoms with E-state index in [9.17, 15) is 0 Å². The minimum atomic E-state index is 0.889. The quantitative estimate of drug-likeness (QED) is 0.705. The molecule has 1 radical (unpaired) electrons. The molecule has 0 aliphatic heterocycles. The van der Waals surface area contributed by atoms with Crippen LogP contribution in [0.2, 0.25) is 0 Å². The summed E-state index contributed by atoms with van der Waals surface area (Å²) in [6, 6.07) is 24.5. The van der Waals surface area contributed by atoms with E-state index in [1.165, 1.54) is 0 Å². The molecule has 0 aliphatic rings. The number of rotatable bonds is 3. The molecule has 0 bridgehead atoms. The topological polar surface area (TPSA) is 25.8 Å². The molecule has 2 heteroatoms. The third kappa shape index (κ3) is 2.52. The van der Waals surface area contributed by atoms with Gasteiger partial charge in [0.1, 0.15) is 0 Å². The van der Waals surface area contributed by atoms with Crippen LogP contribution in [-0.4, -0.2) is 10.2 Å². The summed E-state index contributed by atoms with van der Waals surface area (Å²) in [4.78, 5) is 0. The van der Waals surface area contributed by atoms with Gasteiger partial charge in [0.2, 0.25) is 0 Å². The van der Waals surface area contributed by atoms with Gasteiger partial charge in [0.05, 0.1) is 11.6 Å². The predicted octanol–water partition coefficient (Wildman–Crippen LogP) is 3.50. The minimum absolute atomic E-state index is 0.889. The highest BCUT2D eigenvalue weighted by Crippen LogP contribution is 2.28. The largest absolute Gasteiger partial charge is 0.159 e. The SMILES string of the molecule is c1ccc([C](c2ccccc2)c2cccnn2)cc1. The Bertz CT molecular complexity index is 527. The summed E-state index contributed by atoms with van der Waals surface area (Å²) in [7, 11) is 0. The van der Waals surface area contributed by atoms with Gasteiger partial charge in [-0.05, 0) is 23.3 Å². The summed E-state index contributed by atoms with van der Waals surface area (Å²) in [5.41, 5.74) is 3.18. The van der Waals surface area contributed by atoms with Gasteiger partial charge >= 0.3 is 0 Å². The van der Waals surface area contributed by atoms with Gasteiger partial charge in [-0.3, -0.25) is 0 Å². The van der Waals surface area contributed by atoms with Gasteiger partial charge in [0.15, 0.2) is 0 Å². The van der Waals surface area contributed by atoms with Crippen molar-refractivity contribution >= 4 is 0 Å². The van der Waals surface area contributed by atoms with Gasteiger partial charge in [-0.2, -0.15) is 10.2 Å². The smallest absolute Gasteiger partial charge is 0.0836 e. The van der Waals surface area contributed by atoms with Crippen molar-refractivity contribution in [1.82, 2.24) is 10.2 Å². The van der Waals surface area contributed by atoms with Crippen molar-refractivity contribution in [3.8, 4) is 0 Å². The lowest BCUT2D eigenvalue weighted by atomic mass is 9.88. The molecule has 0 saturated heterocycles. The highest BCUT2D eigenvalue weighted by atomic mass is 15.1. The zero-order valence-corrected chi connectivity index (χ0v) is 10.4. The maximum absolute atomic E-state index is 4.24. The highest BCUT2D eigenvalue weighted by Gasteiger charge is 2.18. The van der Waals surface area contributed by atoms with Crippen molar-refractivity contribution in [3.05, 3.63) is 102 Å². The number of benzene rings is 2. The van der Waals surface area contributed by atoms with E-state index in [0.717, 1.165) is 22.7 Å². The Hall–Kier alpha value is -2.48. The van der Waals surface area contributed by atoms with E-state index in [2.05, 4.69) is 34.5 Å². The zero-order valence-electron chi connectivity index (χ0n) is 10.4. The van der Waals surface area contributed by atoms with Crippen molar-refractivity contribution in [1.29, 1.82) is 0 Å². The Morgan fingerprint density at radius 1 is 0.632 bits per heavy atom. The van der Waals surface area contributed by atoms with Crippen molar-refractivity contribution < 1.29 is 0 Å². The normalized spacial score (nSPS) is 10.6. The first-order valence-electron chi connectivity index (χ1n) is 6.21. The Labute approximate surface area is 112 Å². The standard InChI is InChI=1S/C17H13N2/c1-3-8-14(9-4-1)17(15-10-5-2-6-11-15)16-12-7-13-18-19-16/h1-13H. The molecule has 0 atom stereocenters. The molecule has 1 aromatic heterocycles. The van der Waals surface area contributed by atoms with Gasteiger partial charge in [-0.1, -0.05) is 60.7 Å². The minimum Gasteiger partial charge on any atom is -0.159 e. The zero-order chi connectivity index (χ0) is 12.9. The average Bonchev–Trinajstić information content (AvgIpc) is 2.51. The van der Waals surface area contributed by atoms with Crippen LogP contribution in [-0.2, 0) is 0 Å². The van der Waals surface area contributed by atoms with Gasteiger partial charge in [0, 0.05) is 6.20 Å². The lowest BCUT2D eigenvalue weighted by Crippen LogP contribution is -2.07. The molecular weight excluding hydrogens is 232 g/mol. The highest BCUT2D eigenvalue weighted by molar-refractivity contribution is 5.54. The summed E-state index contributed by atoms with van der Waals surface area (Å²) < 4.78 is 0. The van der Waals surface area contributed by atoms with Gasteiger partial charge in [-0.15, -0.1) is 0 Å². The molecular formula is C17H13N2. The second-order valence-electron chi connectivity index (χ2n) is 4.22. The van der Waals surface area contributed by atoms with E-state index < -0.39 is 0 Å². The van der Waals surface area contributed by atoms with Crippen molar-refractivity contribution in [2.24, 2.45) is 0 Å². The molecule has 0 fully saturated rings.